The van der Waals surface area contributed by atoms with Crippen LogP contribution in [0.15, 0.2) is 78.2 Å². The fourth-order valence-electron chi connectivity index (χ4n) is 2.99. The van der Waals surface area contributed by atoms with E-state index in [0.29, 0.717) is 27.5 Å². The van der Waals surface area contributed by atoms with Crippen LogP contribution in [-0.2, 0) is 0 Å². The number of rotatable bonds is 4. The highest BCUT2D eigenvalue weighted by Gasteiger charge is 2.15. The summed E-state index contributed by atoms with van der Waals surface area (Å²) in [6.07, 6.45) is 0. The molecule has 28 heavy (non-hydrogen) atoms. The van der Waals surface area contributed by atoms with Crippen molar-refractivity contribution in [2.24, 2.45) is 0 Å². The molecule has 0 atom stereocenters. The second-order valence-corrected chi connectivity index (χ2v) is 7.19. The van der Waals surface area contributed by atoms with E-state index in [4.69, 9.17) is 0 Å². The molecule has 0 aliphatic rings. The SMILES string of the molecule is Cc1ccccc1C(=O)Nc1ccccc1-c1csc(-c2ccccc2F)n1. The number of hydrogen-bond donors (Lipinski definition) is 1. The van der Waals surface area contributed by atoms with Crippen molar-refractivity contribution in [1.82, 2.24) is 4.98 Å². The zero-order valence-corrected chi connectivity index (χ0v) is 16.0. The lowest BCUT2D eigenvalue weighted by Gasteiger charge is -2.11. The van der Waals surface area contributed by atoms with Gasteiger partial charge >= 0.3 is 0 Å². The summed E-state index contributed by atoms with van der Waals surface area (Å²) >= 11 is 1.37. The van der Waals surface area contributed by atoms with E-state index in [9.17, 15) is 9.18 Å². The molecule has 4 aromatic rings. The molecule has 1 heterocycles. The molecule has 0 spiro atoms. The minimum atomic E-state index is -0.301. The number of hydrogen-bond acceptors (Lipinski definition) is 3. The molecule has 1 amide bonds. The molecular weight excluding hydrogens is 371 g/mol. The molecule has 0 radical (unpaired) electrons. The fraction of sp³-hybridized carbons (Fsp3) is 0.0435. The van der Waals surface area contributed by atoms with Crippen molar-refractivity contribution in [2.75, 3.05) is 5.32 Å². The Morgan fingerprint density at radius 1 is 0.929 bits per heavy atom. The number of aromatic nitrogens is 1. The Labute approximate surface area is 166 Å². The molecule has 138 valence electrons. The summed E-state index contributed by atoms with van der Waals surface area (Å²) in [6, 6.07) is 21.5. The molecule has 1 N–H and O–H groups in total. The van der Waals surface area contributed by atoms with Crippen molar-refractivity contribution in [3.63, 3.8) is 0 Å². The van der Waals surface area contributed by atoms with Crippen molar-refractivity contribution < 1.29 is 9.18 Å². The Hall–Kier alpha value is -3.31. The van der Waals surface area contributed by atoms with Crippen molar-refractivity contribution in [2.45, 2.75) is 6.92 Å². The summed E-state index contributed by atoms with van der Waals surface area (Å²) in [5.74, 6) is -0.473. The quantitative estimate of drug-likeness (QED) is 0.454. The largest absolute Gasteiger partial charge is 0.321 e. The lowest BCUT2D eigenvalue weighted by molar-refractivity contribution is 0.102. The van der Waals surface area contributed by atoms with E-state index in [1.54, 1.807) is 24.3 Å². The maximum absolute atomic E-state index is 14.1. The highest BCUT2D eigenvalue weighted by molar-refractivity contribution is 7.13. The minimum absolute atomic E-state index is 0.171. The van der Waals surface area contributed by atoms with Gasteiger partial charge in [0.1, 0.15) is 10.8 Å². The number of aryl methyl sites for hydroxylation is 1. The Morgan fingerprint density at radius 2 is 1.61 bits per heavy atom. The third-order valence-corrected chi connectivity index (χ3v) is 5.32. The van der Waals surface area contributed by atoms with Crippen LogP contribution in [0, 0.1) is 12.7 Å². The Bertz CT molecular complexity index is 1150. The number of para-hydroxylation sites is 1. The van der Waals surface area contributed by atoms with Gasteiger partial charge in [-0.1, -0.05) is 48.5 Å². The number of nitrogens with zero attached hydrogens (tertiary/aromatic N) is 1. The van der Waals surface area contributed by atoms with Crippen LogP contribution in [-0.4, -0.2) is 10.9 Å². The highest BCUT2D eigenvalue weighted by atomic mass is 32.1. The predicted octanol–water partition coefficient (Wildman–Crippen LogP) is 6.18. The smallest absolute Gasteiger partial charge is 0.255 e. The van der Waals surface area contributed by atoms with E-state index in [-0.39, 0.29) is 11.7 Å². The van der Waals surface area contributed by atoms with Crippen LogP contribution >= 0.6 is 11.3 Å². The maximum Gasteiger partial charge on any atom is 0.255 e. The molecule has 1 aromatic heterocycles. The molecule has 0 unspecified atom stereocenters. The van der Waals surface area contributed by atoms with Crippen LogP contribution in [0.4, 0.5) is 10.1 Å². The number of carbonyl (C=O) groups is 1. The molecular formula is C23H17FN2OS. The number of anilines is 1. The number of carbonyl (C=O) groups excluding carboxylic acids is 1. The van der Waals surface area contributed by atoms with E-state index < -0.39 is 0 Å². The molecule has 0 bridgehead atoms. The van der Waals surface area contributed by atoms with Crippen LogP contribution < -0.4 is 5.32 Å². The van der Waals surface area contributed by atoms with E-state index in [1.807, 2.05) is 54.8 Å². The topological polar surface area (TPSA) is 42.0 Å². The first kappa shape index (κ1) is 18.1. The standard InChI is InChI=1S/C23H17FN2OS/c1-15-8-2-3-9-16(15)22(27)25-20-13-7-5-11-18(20)21-14-28-23(26-21)17-10-4-6-12-19(17)24/h2-14H,1H3,(H,25,27). The third kappa shape index (κ3) is 3.57. The van der Waals surface area contributed by atoms with Gasteiger partial charge in [-0.2, -0.15) is 0 Å². The van der Waals surface area contributed by atoms with Crippen LogP contribution in [0.5, 0.6) is 0 Å². The number of nitrogens with one attached hydrogen (secondary N) is 1. The molecule has 5 heteroatoms. The van der Waals surface area contributed by atoms with Gasteiger partial charge < -0.3 is 5.32 Å². The Kier molecular flexibility index (Phi) is 5.00. The zero-order chi connectivity index (χ0) is 19.5. The molecule has 0 fully saturated rings. The summed E-state index contributed by atoms with van der Waals surface area (Å²) < 4.78 is 14.1. The first-order valence-corrected chi connectivity index (χ1v) is 9.68. The van der Waals surface area contributed by atoms with E-state index >= 15 is 0 Å². The molecule has 0 saturated heterocycles. The Balaban J connectivity index is 1.67. The Morgan fingerprint density at radius 3 is 2.39 bits per heavy atom. The summed E-state index contributed by atoms with van der Waals surface area (Å²) in [7, 11) is 0. The first-order valence-electron chi connectivity index (χ1n) is 8.80. The van der Waals surface area contributed by atoms with Gasteiger partial charge in [0.15, 0.2) is 0 Å². The molecule has 0 aliphatic heterocycles. The molecule has 3 aromatic carbocycles. The van der Waals surface area contributed by atoms with Crippen molar-refractivity contribution >= 4 is 22.9 Å². The van der Waals surface area contributed by atoms with Gasteiger partial charge in [0, 0.05) is 22.1 Å². The second kappa shape index (κ2) is 7.74. The van der Waals surface area contributed by atoms with Gasteiger partial charge in [-0.05, 0) is 36.8 Å². The lowest BCUT2D eigenvalue weighted by atomic mass is 10.1. The van der Waals surface area contributed by atoms with E-state index in [0.717, 1.165) is 11.1 Å². The average Bonchev–Trinajstić information content (AvgIpc) is 3.19. The molecule has 0 saturated carbocycles. The second-order valence-electron chi connectivity index (χ2n) is 6.33. The number of thiazole rings is 1. The number of benzene rings is 3. The fourth-order valence-corrected chi connectivity index (χ4v) is 3.84. The summed E-state index contributed by atoms with van der Waals surface area (Å²) in [4.78, 5) is 17.3. The van der Waals surface area contributed by atoms with Gasteiger partial charge in [-0.3, -0.25) is 4.79 Å². The summed E-state index contributed by atoms with van der Waals surface area (Å²) in [6.45, 7) is 1.90. The highest BCUT2D eigenvalue weighted by Crippen LogP contribution is 2.33. The van der Waals surface area contributed by atoms with Crippen molar-refractivity contribution in [3.05, 3.63) is 95.1 Å². The maximum atomic E-state index is 14.1. The monoisotopic (exact) mass is 388 g/mol. The van der Waals surface area contributed by atoms with Crippen molar-refractivity contribution in [1.29, 1.82) is 0 Å². The molecule has 4 rings (SSSR count). The summed E-state index contributed by atoms with van der Waals surface area (Å²) in [5, 5.41) is 5.46. The molecule has 0 aliphatic carbocycles. The summed E-state index contributed by atoms with van der Waals surface area (Å²) in [5.41, 5.74) is 4.17. The molecule has 3 nitrogen and oxygen atoms in total. The number of halogens is 1. The number of amides is 1. The van der Waals surface area contributed by atoms with Gasteiger partial charge in [0.25, 0.3) is 5.91 Å². The van der Waals surface area contributed by atoms with Crippen LogP contribution in [0.2, 0.25) is 0 Å². The van der Waals surface area contributed by atoms with E-state index in [2.05, 4.69) is 10.3 Å². The minimum Gasteiger partial charge on any atom is -0.321 e. The van der Waals surface area contributed by atoms with Gasteiger partial charge in [-0.15, -0.1) is 11.3 Å². The lowest BCUT2D eigenvalue weighted by Crippen LogP contribution is -2.13. The van der Waals surface area contributed by atoms with Crippen LogP contribution in [0.1, 0.15) is 15.9 Å². The normalized spacial score (nSPS) is 10.6. The van der Waals surface area contributed by atoms with Gasteiger partial charge in [-0.25, -0.2) is 9.37 Å². The third-order valence-electron chi connectivity index (χ3n) is 4.45. The van der Waals surface area contributed by atoms with Crippen LogP contribution in [0.3, 0.4) is 0 Å². The van der Waals surface area contributed by atoms with E-state index in [1.165, 1.54) is 17.4 Å². The predicted molar refractivity (Wildman–Crippen MR) is 112 cm³/mol. The van der Waals surface area contributed by atoms with Crippen molar-refractivity contribution in [3.8, 4) is 21.8 Å². The average molecular weight is 388 g/mol. The van der Waals surface area contributed by atoms with Crippen LogP contribution in [0.25, 0.3) is 21.8 Å². The zero-order valence-electron chi connectivity index (χ0n) is 15.1. The first-order chi connectivity index (χ1) is 13.6. The van der Waals surface area contributed by atoms with Gasteiger partial charge in [0.05, 0.1) is 11.4 Å². The van der Waals surface area contributed by atoms with Gasteiger partial charge in [0.2, 0.25) is 0 Å².